The predicted octanol–water partition coefficient (Wildman–Crippen LogP) is 2.23. The van der Waals surface area contributed by atoms with Gasteiger partial charge in [0.05, 0.1) is 11.2 Å². The molecule has 22 heavy (non-hydrogen) atoms. The molecular formula is C16H16FN3O2. The van der Waals surface area contributed by atoms with Crippen molar-refractivity contribution in [3.63, 3.8) is 0 Å². The second-order valence-corrected chi connectivity index (χ2v) is 5.37. The highest BCUT2D eigenvalue weighted by atomic mass is 19.1. The van der Waals surface area contributed by atoms with Crippen molar-refractivity contribution in [3.8, 4) is 5.75 Å². The van der Waals surface area contributed by atoms with E-state index >= 15 is 0 Å². The number of anilines is 1. The summed E-state index contributed by atoms with van der Waals surface area (Å²) in [4.78, 5) is 15.9. The molecule has 0 atom stereocenters. The van der Waals surface area contributed by atoms with Crippen LogP contribution in [0.15, 0.2) is 42.6 Å². The van der Waals surface area contributed by atoms with Crippen molar-refractivity contribution in [2.45, 2.75) is 25.0 Å². The smallest absolute Gasteiger partial charge is 0.244 e. The number of nitrogens with two attached hydrogens (primary N) is 1. The Kier molecular flexibility index (Phi) is 3.77. The maximum Gasteiger partial charge on any atom is 0.244 e. The number of amides is 1. The number of halogens is 1. The number of ether oxygens (including phenoxy) is 1. The summed E-state index contributed by atoms with van der Waals surface area (Å²) in [5, 5.41) is 2.61. The van der Waals surface area contributed by atoms with Crippen LogP contribution in [0, 0.1) is 5.82 Å². The van der Waals surface area contributed by atoms with Gasteiger partial charge in [0, 0.05) is 18.0 Å². The molecule has 1 heterocycles. The largest absolute Gasteiger partial charge is 0.484 e. The van der Waals surface area contributed by atoms with Gasteiger partial charge in [0.2, 0.25) is 5.91 Å². The lowest BCUT2D eigenvalue weighted by atomic mass is 10.2. The summed E-state index contributed by atoms with van der Waals surface area (Å²) in [6.07, 6.45) is 2.97. The number of nitrogens with zero attached hydrogens (tertiary/aromatic N) is 1. The SMILES string of the molecule is NC1(C(=O)Nc2ccc(OCc3ccccn3)c(F)c2)CC1. The highest BCUT2D eigenvalue weighted by molar-refractivity contribution is 6.00. The monoisotopic (exact) mass is 301 g/mol. The second-order valence-electron chi connectivity index (χ2n) is 5.37. The number of pyridine rings is 1. The van der Waals surface area contributed by atoms with E-state index in [4.69, 9.17) is 10.5 Å². The fourth-order valence-corrected chi connectivity index (χ4v) is 1.95. The minimum absolute atomic E-state index is 0.109. The second kappa shape index (κ2) is 5.73. The average Bonchev–Trinajstić information content (AvgIpc) is 3.27. The van der Waals surface area contributed by atoms with Crippen molar-refractivity contribution in [2.24, 2.45) is 5.73 Å². The Morgan fingerprint density at radius 3 is 2.82 bits per heavy atom. The van der Waals surface area contributed by atoms with E-state index in [2.05, 4.69) is 10.3 Å². The van der Waals surface area contributed by atoms with Gasteiger partial charge in [-0.05, 0) is 37.1 Å². The van der Waals surface area contributed by atoms with Crippen LogP contribution in [0.25, 0.3) is 0 Å². The Bertz CT molecular complexity index is 687. The Hall–Kier alpha value is -2.47. The van der Waals surface area contributed by atoms with Crippen LogP contribution in [0.1, 0.15) is 18.5 Å². The molecule has 0 saturated heterocycles. The number of benzene rings is 1. The maximum atomic E-state index is 14.0. The molecule has 1 aliphatic carbocycles. The van der Waals surface area contributed by atoms with E-state index in [0.717, 1.165) is 0 Å². The van der Waals surface area contributed by atoms with Crippen LogP contribution in [-0.4, -0.2) is 16.4 Å². The summed E-state index contributed by atoms with van der Waals surface area (Å²) in [6, 6.07) is 9.71. The van der Waals surface area contributed by atoms with Gasteiger partial charge in [-0.2, -0.15) is 0 Å². The molecule has 3 rings (SSSR count). The molecule has 0 aliphatic heterocycles. The maximum absolute atomic E-state index is 14.0. The van der Waals surface area contributed by atoms with Crippen LogP contribution >= 0.6 is 0 Å². The fourth-order valence-electron chi connectivity index (χ4n) is 1.95. The van der Waals surface area contributed by atoms with Gasteiger partial charge in [0.15, 0.2) is 11.6 Å². The summed E-state index contributed by atoms with van der Waals surface area (Å²) < 4.78 is 19.4. The first-order chi connectivity index (χ1) is 10.6. The Morgan fingerprint density at radius 1 is 1.36 bits per heavy atom. The highest BCUT2D eigenvalue weighted by Crippen LogP contribution is 2.33. The normalized spacial score (nSPS) is 15.2. The Morgan fingerprint density at radius 2 is 2.18 bits per heavy atom. The van der Waals surface area contributed by atoms with E-state index in [1.165, 1.54) is 12.1 Å². The molecular weight excluding hydrogens is 285 g/mol. The molecule has 1 aromatic heterocycles. The number of rotatable bonds is 5. The fraction of sp³-hybridized carbons (Fsp3) is 0.250. The van der Waals surface area contributed by atoms with Gasteiger partial charge in [0.1, 0.15) is 6.61 Å². The molecule has 6 heteroatoms. The predicted molar refractivity (Wildman–Crippen MR) is 79.8 cm³/mol. The van der Waals surface area contributed by atoms with E-state index in [-0.39, 0.29) is 18.3 Å². The third-order valence-electron chi connectivity index (χ3n) is 3.53. The molecule has 0 spiro atoms. The zero-order chi connectivity index (χ0) is 15.6. The zero-order valence-corrected chi connectivity index (χ0v) is 11.9. The molecule has 2 aromatic rings. The van der Waals surface area contributed by atoms with Crippen LogP contribution in [0.5, 0.6) is 5.75 Å². The van der Waals surface area contributed by atoms with Gasteiger partial charge in [-0.15, -0.1) is 0 Å². The molecule has 0 radical (unpaired) electrons. The van der Waals surface area contributed by atoms with E-state index in [0.29, 0.717) is 24.2 Å². The number of carbonyl (C=O) groups is 1. The van der Waals surface area contributed by atoms with Crippen molar-refractivity contribution in [3.05, 3.63) is 54.1 Å². The van der Waals surface area contributed by atoms with Gasteiger partial charge in [0.25, 0.3) is 0 Å². The highest BCUT2D eigenvalue weighted by Gasteiger charge is 2.45. The number of hydrogen-bond donors (Lipinski definition) is 2. The molecule has 3 N–H and O–H groups in total. The topological polar surface area (TPSA) is 77.2 Å². The van der Waals surface area contributed by atoms with Crippen molar-refractivity contribution < 1.29 is 13.9 Å². The van der Waals surface area contributed by atoms with Crippen molar-refractivity contribution >= 4 is 11.6 Å². The Balaban J connectivity index is 1.63. The summed E-state index contributed by atoms with van der Waals surface area (Å²) >= 11 is 0. The summed E-state index contributed by atoms with van der Waals surface area (Å²) in [5.74, 6) is -0.720. The molecule has 1 saturated carbocycles. The quantitative estimate of drug-likeness (QED) is 0.888. The van der Waals surface area contributed by atoms with Gasteiger partial charge < -0.3 is 15.8 Å². The molecule has 1 aliphatic rings. The third-order valence-corrected chi connectivity index (χ3v) is 3.53. The van der Waals surface area contributed by atoms with Gasteiger partial charge >= 0.3 is 0 Å². The number of aromatic nitrogens is 1. The summed E-state index contributed by atoms with van der Waals surface area (Å²) in [6.45, 7) is 0.176. The first-order valence-electron chi connectivity index (χ1n) is 6.99. The van der Waals surface area contributed by atoms with Gasteiger partial charge in [-0.1, -0.05) is 6.07 Å². The minimum atomic E-state index is -0.787. The Labute approximate surface area is 127 Å². The summed E-state index contributed by atoms with van der Waals surface area (Å²) in [7, 11) is 0. The van der Waals surface area contributed by atoms with E-state index in [1.807, 2.05) is 6.07 Å². The molecule has 5 nitrogen and oxygen atoms in total. The number of hydrogen-bond acceptors (Lipinski definition) is 4. The van der Waals surface area contributed by atoms with Crippen molar-refractivity contribution in [1.82, 2.24) is 4.98 Å². The molecule has 114 valence electrons. The van der Waals surface area contributed by atoms with Crippen LogP contribution in [-0.2, 0) is 11.4 Å². The molecule has 1 amide bonds. The third kappa shape index (κ3) is 3.23. The molecule has 0 unspecified atom stereocenters. The van der Waals surface area contributed by atoms with E-state index in [9.17, 15) is 9.18 Å². The van der Waals surface area contributed by atoms with E-state index in [1.54, 1.807) is 24.4 Å². The first-order valence-corrected chi connectivity index (χ1v) is 6.99. The van der Waals surface area contributed by atoms with Crippen molar-refractivity contribution in [2.75, 3.05) is 5.32 Å². The van der Waals surface area contributed by atoms with Crippen LogP contribution in [0.2, 0.25) is 0 Å². The van der Waals surface area contributed by atoms with E-state index < -0.39 is 11.4 Å². The van der Waals surface area contributed by atoms with Crippen LogP contribution in [0.3, 0.4) is 0 Å². The molecule has 1 fully saturated rings. The lowest BCUT2D eigenvalue weighted by molar-refractivity contribution is -0.118. The number of carbonyl (C=O) groups excluding carboxylic acids is 1. The minimum Gasteiger partial charge on any atom is -0.484 e. The summed E-state index contributed by atoms with van der Waals surface area (Å²) in [5.41, 5.74) is 6.07. The standard InChI is InChI=1S/C16H16FN3O2/c17-13-9-11(20-15(21)16(18)6-7-16)4-5-14(13)22-10-12-3-1-2-8-19-12/h1-5,8-9H,6-7,10,18H2,(H,20,21). The zero-order valence-electron chi connectivity index (χ0n) is 11.9. The number of nitrogens with one attached hydrogen (secondary N) is 1. The van der Waals surface area contributed by atoms with Crippen LogP contribution in [0.4, 0.5) is 10.1 Å². The van der Waals surface area contributed by atoms with Crippen LogP contribution < -0.4 is 15.8 Å². The first kappa shape index (κ1) is 14.5. The lowest BCUT2D eigenvalue weighted by Crippen LogP contribution is -2.37. The van der Waals surface area contributed by atoms with Gasteiger partial charge in [-0.25, -0.2) is 4.39 Å². The molecule has 1 aromatic carbocycles. The van der Waals surface area contributed by atoms with Crippen molar-refractivity contribution in [1.29, 1.82) is 0 Å². The molecule has 0 bridgehead atoms. The lowest BCUT2D eigenvalue weighted by Gasteiger charge is -2.12. The van der Waals surface area contributed by atoms with Gasteiger partial charge in [-0.3, -0.25) is 9.78 Å². The average molecular weight is 301 g/mol.